The first-order valence-corrected chi connectivity index (χ1v) is 9.70. The third-order valence-electron chi connectivity index (χ3n) is 4.25. The molecule has 0 aromatic heterocycles. The average Bonchev–Trinajstić information content (AvgIpc) is 2.77. The van der Waals surface area contributed by atoms with Crippen LogP contribution in [0.5, 0.6) is 11.5 Å². The highest BCUT2D eigenvalue weighted by Gasteiger charge is 2.17. The summed E-state index contributed by atoms with van der Waals surface area (Å²) >= 11 is 0. The number of unbranched alkanes of at least 4 members (excludes halogenated alkanes) is 1. The Morgan fingerprint density at radius 1 is 0.900 bits per heavy atom. The average molecular weight is 413 g/mol. The number of rotatable bonds is 8. The molecule has 0 unspecified atom stereocenters. The molecule has 3 rings (SSSR count). The van der Waals surface area contributed by atoms with E-state index in [-0.39, 0.29) is 5.56 Å². The Morgan fingerprint density at radius 3 is 2.30 bits per heavy atom. The SMILES string of the molecule is CCCCOC(=O)c1ccc(NC(=O)COC(=O)c2ccc3c(c2)OCCO3)cc1. The lowest BCUT2D eigenvalue weighted by Gasteiger charge is -2.18. The molecule has 0 saturated carbocycles. The van der Waals surface area contributed by atoms with E-state index in [4.69, 9.17) is 18.9 Å². The molecule has 8 nitrogen and oxygen atoms in total. The van der Waals surface area contributed by atoms with Crippen LogP contribution in [0.25, 0.3) is 0 Å². The number of ether oxygens (including phenoxy) is 4. The number of anilines is 1. The van der Waals surface area contributed by atoms with Crippen LogP contribution < -0.4 is 14.8 Å². The Balaban J connectivity index is 1.47. The first kappa shape index (κ1) is 21.2. The molecule has 0 fully saturated rings. The van der Waals surface area contributed by atoms with Gasteiger partial charge in [0.05, 0.1) is 17.7 Å². The number of esters is 2. The quantitative estimate of drug-likeness (QED) is 0.524. The summed E-state index contributed by atoms with van der Waals surface area (Å²) in [5.74, 6) is -0.525. The Bertz CT molecular complexity index is 908. The Kier molecular flexibility index (Phi) is 7.26. The lowest BCUT2D eigenvalue weighted by Crippen LogP contribution is -2.21. The van der Waals surface area contributed by atoms with E-state index in [0.717, 1.165) is 12.8 Å². The van der Waals surface area contributed by atoms with Gasteiger partial charge in [-0.05, 0) is 48.9 Å². The number of fused-ring (bicyclic) bond motifs is 1. The highest BCUT2D eigenvalue weighted by atomic mass is 16.6. The van der Waals surface area contributed by atoms with E-state index >= 15 is 0 Å². The smallest absolute Gasteiger partial charge is 0.338 e. The van der Waals surface area contributed by atoms with Crippen LogP contribution in [0.2, 0.25) is 0 Å². The number of benzene rings is 2. The fourth-order valence-electron chi connectivity index (χ4n) is 2.66. The summed E-state index contributed by atoms with van der Waals surface area (Å²) in [4.78, 5) is 36.1. The topological polar surface area (TPSA) is 100 Å². The molecule has 1 N–H and O–H groups in total. The first-order chi connectivity index (χ1) is 14.6. The van der Waals surface area contributed by atoms with E-state index in [1.54, 1.807) is 36.4 Å². The van der Waals surface area contributed by atoms with Gasteiger partial charge in [-0.2, -0.15) is 0 Å². The van der Waals surface area contributed by atoms with E-state index in [9.17, 15) is 14.4 Å². The minimum atomic E-state index is -0.646. The highest BCUT2D eigenvalue weighted by Crippen LogP contribution is 2.30. The van der Waals surface area contributed by atoms with Crippen LogP contribution in [0.4, 0.5) is 5.69 Å². The summed E-state index contributed by atoms with van der Waals surface area (Å²) in [6, 6.07) is 11.0. The number of carbonyl (C=O) groups excluding carboxylic acids is 3. The monoisotopic (exact) mass is 413 g/mol. The first-order valence-electron chi connectivity index (χ1n) is 9.70. The van der Waals surface area contributed by atoms with Crippen molar-refractivity contribution < 1.29 is 33.3 Å². The molecule has 2 aromatic rings. The maximum absolute atomic E-state index is 12.2. The second-order valence-corrected chi connectivity index (χ2v) is 6.55. The number of nitrogens with one attached hydrogen (secondary N) is 1. The molecule has 2 aromatic carbocycles. The molecule has 0 spiro atoms. The normalized spacial score (nSPS) is 12.0. The Morgan fingerprint density at radius 2 is 1.57 bits per heavy atom. The van der Waals surface area contributed by atoms with Gasteiger partial charge in [-0.3, -0.25) is 4.79 Å². The van der Waals surface area contributed by atoms with Gasteiger partial charge in [-0.1, -0.05) is 13.3 Å². The largest absolute Gasteiger partial charge is 0.486 e. The van der Waals surface area contributed by atoms with Crippen LogP contribution in [0.1, 0.15) is 40.5 Å². The second kappa shape index (κ2) is 10.3. The van der Waals surface area contributed by atoms with Crippen molar-refractivity contribution in [3.63, 3.8) is 0 Å². The van der Waals surface area contributed by atoms with Crippen LogP contribution in [0, 0.1) is 0 Å². The van der Waals surface area contributed by atoms with E-state index < -0.39 is 24.5 Å². The fraction of sp³-hybridized carbons (Fsp3) is 0.318. The highest BCUT2D eigenvalue weighted by molar-refractivity contribution is 5.96. The predicted octanol–water partition coefficient (Wildman–Crippen LogP) is 3.21. The zero-order valence-electron chi connectivity index (χ0n) is 16.6. The van der Waals surface area contributed by atoms with Crippen LogP contribution in [-0.2, 0) is 14.3 Å². The lowest BCUT2D eigenvalue weighted by atomic mass is 10.2. The van der Waals surface area contributed by atoms with Gasteiger partial charge in [0.15, 0.2) is 18.1 Å². The number of hydrogen-bond donors (Lipinski definition) is 1. The predicted molar refractivity (Wildman–Crippen MR) is 108 cm³/mol. The summed E-state index contributed by atoms with van der Waals surface area (Å²) in [6.45, 7) is 2.80. The van der Waals surface area contributed by atoms with Gasteiger partial charge in [0.1, 0.15) is 13.2 Å². The third kappa shape index (κ3) is 5.73. The molecule has 0 aliphatic carbocycles. The number of amides is 1. The Hall–Kier alpha value is -3.55. The van der Waals surface area contributed by atoms with Crippen molar-refractivity contribution >= 4 is 23.5 Å². The molecular weight excluding hydrogens is 390 g/mol. The summed E-state index contributed by atoms with van der Waals surface area (Å²) in [6.07, 6.45) is 1.75. The summed E-state index contributed by atoms with van der Waals surface area (Å²) in [5, 5.41) is 2.60. The fourth-order valence-corrected chi connectivity index (χ4v) is 2.66. The van der Waals surface area contributed by atoms with Gasteiger partial charge >= 0.3 is 11.9 Å². The van der Waals surface area contributed by atoms with E-state index in [1.165, 1.54) is 6.07 Å². The zero-order valence-corrected chi connectivity index (χ0v) is 16.6. The molecule has 0 bridgehead atoms. The molecule has 1 aliphatic heterocycles. The van der Waals surface area contributed by atoms with Crippen molar-refractivity contribution in [2.24, 2.45) is 0 Å². The van der Waals surface area contributed by atoms with Gasteiger partial charge in [-0.15, -0.1) is 0 Å². The van der Waals surface area contributed by atoms with E-state index in [2.05, 4.69) is 5.32 Å². The number of hydrogen-bond acceptors (Lipinski definition) is 7. The Labute approximate surface area is 174 Å². The lowest BCUT2D eigenvalue weighted by molar-refractivity contribution is -0.119. The standard InChI is InChI=1S/C22H23NO7/c1-2-3-10-29-21(25)15-4-7-17(8-5-15)23-20(24)14-30-22(26)16-6-9-18-19(13-16)28-12-11-27-18/h4-9,13H,2-3,10-12,14H2,1H3,(H,23,24). The minimum absolute atomic E-state index is 0.262. The van der Waals surface area contributed by atoms with Crippen molar-refractivity contribution in [3.05, 3.63) is 53.6 Å². The van der Waals surface area contributed by atoms with Crippen LogP contribution in [0.15, 0.2) is 42.5 Å². The van der Waals surface area contributed by atoms with Gasteiger partial charge in [0, 0.05) is 5.69 Å². The minimum Gasteiger partial charge on any atom is -0.486 e. The van der Waals surface area contributed by atoms with Crippen molar-refractivity contribution in [2.45, 2.75) is 19.8 Å². The van der Waals surface area contributed by atoms with Crippen molar-refractivity contribution in [3.8, 4) is 11.5 Å². The molecular formula is C22H23NO7. The number of carbonyl (C=O) groups is 3. The third-order valence-corrected chi connectivity index (χ3v) is 4.25. The molecule has 30 heavy (non-hydrogen) atoms. The molecule has 0 radical (unpaired) electrons. The zero-order chi connectivity index (χ0) is 21.3. The van der Waals surface area contributed by atoms with E-state index in [0.29, 0.717) is 42.6 Å². The molecule has 1 amide bonds. The van der Waals surface area contributed by atoms with Crippen LogP contribution in [-0.4, -0.2) is 44.3 Å². The molecule has 158 valence electrons. The second-order valence-electron chi connectivity index (χ2n) is 6.55. The molecule has 1 aliphatic rings. The van der Waals surface area contributed by atoms with Crippen LogP contribution >= 0.6 is 0 Å². The van der Waals surface area contributed by atoms with Crippen molar-refractivity contribution in [1.82, 2.24) is 0 Å². The maximum Gasteiger partial charge on any atom is 0.338 e. The molecule has 8 heteroatoms. The van der Waals surface area contributed by atoms with Gasteiger partial charge in [-0.25, -0.2) is 9.59 Å². The molecule has 0 atom stereocenters. The van der Waals surface area contributed by atoms with Crippen molar-refractivity contribution in [1.29, 1.82) is 0 Å². The molecule has 1 heterocycles. The van der Waals surface area contributed by atoms with Gasteiger partial charge in [0.25, 0.3) is 5.91 Å². The van der Waals surface area contributed by atoms with Gasteiger partial charge < -0.3 is 24.3 Å². The van der Waals surface area contributed by atoms with Gasteiger partial charge in [0.2, 0.25) is 0 Å². The molecule has 0 saturated heterocycles. The maximum atomic E-state index is 12.2. The summed E-state index contributed by atoms with van der Waals surface area (Å²) < 4.78 is 21.0. The van der Waals surface area contributed by atoms with Crippen LogP contribution in [0.3, 0.4) is 0 Å². The van der Waals surface area contributed by atoms with Crippen molar-refractivity contribution in [2.75, 3.05) is 31.7 Å². The summed E-state index contributed by atoms with van der Waals surface area (Å²) in [7, 11) is 0. The van der Waals surface area contributed by atoms with E-state index in [1.807, 2.05) is 6.92 Å². The summed E-state index contributed by atoms with van der Waals surface area (Å²) in [5.41, 5.74) is 1.13.